The monoisotopic (exact) mass is 415 g/mol. The van der Waals surface area contributed by atoms with E-state index in [-0.39, 0.29) is 5.92 Å². The molecule has 0 spiro atoms. The third-order valence-electron chi connectivity index (χ3n) is 4.76. The zero-order chi connectivity index (χ0) is 20.3. The number of benzene rings is 2. The minimum Gasteiger partial charge on any atom is -0.481 e. The predicted octanol–water partition coefficient (Wildman–Crippen LogP) is 6.80. The van der Waals surface area contributed by atoms with Crippen LogP contribution in [0, 0.1) is 5.92 Å². The molecule has 2 aromatic carbocycles. The second-order valence-electron chi connectivity index (χ2n) is 7.16. The summed E-state index contributed by atoms with van der Waals surface area (Å²) in [5, 5.41) is 9.53. The quantitative estimate of drug-likeness (QED) is 0.510. The Labute approximate surface area is 175 Å². The standard InChI is InChI=1S/C19H15Cl2N.C4H8O2/c20-15-7-3-13(4-8-15)18-12-17-2-1-11-22(17)19(18)14-5-9-16(21)10-6-14;1-3(2)4(5)6/h3-10,12H,1-2,11H2;3H,1-2H3,(H,5,6). The summed E-state index contributed by atoms with van der Waals surface area (Å²) in [6.07, 6.45) is 2.37. The van der Waals surface area contributed by atoms with Gasteiger partial charge in [0.25, 0.3) is 0 Å². The van der Waals surface area contributed by atoms with Crippen LogP contribution in [0.25, 0.3) is 22.4 Å². The first-order chi connectivity index (χ1) is 13.4. The zero-order valence-corrected chi connectivity index (χ0v) is 17.5. The first kappa shape index (κ1) is 20.5. The molecule has 0 radical (unpaired) electrons. The van der Waals surface area contributed by atoms with E-state index in [0.717, 1.165) is 23.0 Å². The summed E-state index contributed by atoms with van der Waals surface area (Å²) in [5.41, 5.74) is 6.38. The van der Waals surface area contributed by atoms with Crippen molar-refractivity contribution in [2.75, 3.05) is 0 Å². The van der Waals surface area contributed by atoms with E-state index in [9.17, 15) is 4.79 Å². The predicted molar refractivity (Wildman–Crippen MR) is 116 cm³/mol. The molecule has 4 rings (SSSR count). The molecular formula is C23H23Cl2NO2. The van der Waals surface area contributed by atoms with E-state index in [1.807, 2.05) is 24.3 Å². The van der Waals surface area contributed by atoms with Gasteiger partial charge in [-0.2, -0.15) is 0 Å². The maximum atomic E-state index is 9.70. The van der Waals surface area contributed by atoms with E-state index in [1.54, 1.807) is 13.8 Å². The Morgan fingerprint density at radius 1 is 0.964 bits per heavy atom. The minimum atomic E-state index is -0.741. The van der Waals surface area contributed by atoms with Gasteiger partial charge in [0.2, 0.25) is 0 Å². The van der Waals surface area contributed by atoms with Gasteiger partial charge < -0.3 is 9.67 Å². The van der Waals surface area contributed by atoms with Crippen molar-refractivity contribution < 1.29 is 9.90 Å². The van der Waals surface area contributed by atoms with Gasteiger partial charge >= 0.3 is 5.97 Å². The van der Waals surface area contributed by atoms with Crippen molar-refractivity contribution in [2.24, 2.45) is 5.92 Å². The maximum absolute atomic E-state index is 9.70. The molecule has 28 heavy (non-hydrogen) atoms. The van der Waals surface area contributed by atoms with Crippen molar-refractivity contribution in [1.82, 2.24) is 4.57 Å². The van der Waals surface area contributed by atoms with Crippen molar-refractivity contribution in [3.63, 3.8) is 0 Å². The molecule has 0 unspecified atom stereocenters. The van der Waals surface area contributed by atoms with Gasteiger partial charge in [-0.3, -0.25) is 4.79 Å². The highest BCUT2D eigenvalue weighted by molar-refractivity contribution is 6.31. The van der Waals surface area contributed by atoms with Gasteiger partial charge in [-0.05, 0) is 54.3 Å². The molecule has 1 aromatic heterocycles. The van der Waals surface area contributed by atoms with Gasteiger partial charge in [0.1, 0.15) is 0 Å². The fourth-order valence-corrected chi connectivity index (χ4v) is 3.50. The number of aryl methyl sites for hydroxylation is 1. The topological polar surface area (TPSA) is 42.2 Å². The molecule has 0 fully saturated rings. The van der Waals surface area contributed by atoms with Crippen molar-refractivity contribution in [1.29, 1.82) is 0 Å². The number of aromatic nitrogens is 1. The smallest absolute Gasteiger partial charge is 0.305 e. The lowest BCUT2D eigenvalue weighted by Crippen LogP contribution is -2.03. The number of carboxylic acid groups (broad SMARTS) is 1. The van der Waals surface area contributed by atoms with Crippen molar-refractivity contribution in [3.8, 4) is 22.4 Å². The normalized spacial score (nSPS) is 12.5. The average Bonchev–Trinajstić information content (AvgIpc) is 3.25. The summed E-state index contributed by atoms with van der Waals surface area (Å²) >= 11 is 12.1. The van der Waals surface area contributed by atoms with Crippen LogP contribution in [0.2, 0.25) is 10.0 Å². The lowest BCUT2D eigenvalue weighted by molar-refractivity contribution is -0.140. The number of fused-ring (bicyclic) bond motifs is 1. The molecule has 5 heteroatoms. The maximum Gasteiger partial charge on any atom is 0.305 e. The van der Waals surface area contributed by atoms with Gasteiger partial charge in [-0.1, -0.05) is 61.3 Å². The van der Waals surface area contributed by atoms with Crippen LogP contribution >= 0.6 is 23.2 Å². The SMILES string of the molecule is CC(C)C(=O)O.Clc1ccc(-c2cc3n(c2-c2ccc(Cl)cc2)CCC3)cc1. The number of hydrogen-bond donors (Lipinski definition) is 1. The average molecular weight is 416 g/mol. The Morgan fingerprint density at radius 3 is 1.96 bits per heavy atom. The van der Waals surface area contributed by atoms with Gasteiger partial charge in [0, 0.05) is 27.8 Å². The summed E-state index contributed by atoms with van der Waals surface area (Å²) in [4.78, 5) is 9.70. The third kappa shape index (κ3) is 4.60. The minimum absolute atomic E-state index is 0.231. The Hall–Kier alpha value is -2.23. The van der Waals surface area contributed by atoms with E-state index in [2.05, 4.69) is 34.9 Å². The summed E-state index contributed by atoms with van der Waals surface area (Å²) in [5.74, 6) is -0.972. The molecule has 3 nitrogen and oxygen atoms in total. The molecule has 0 amide bonds. The molecule has 3 aromatic rings. The van der Waals surface area contributed by atoms with Gasteiger partial charge in [-0.15, -0.1) is 0 Å². The first-order valence-electron chi connectivity index (χ1n) is 9.34. The number of carbonyl (C=O) groups is 1. The summed E-state index contributed by atoms with van der Waals surface area (Å²) in [6.45, 7) is 4.37. The number of carboxylic acids is 1. The lowest BCUT2D eigenvalue weighted by Gasteiger charge is -2.10. The van der Waals surface area contributed by atoms with Gasteiger partial charge in [0.05, 0.1) is 11.6 Å². The van der Waals surface area contributed by atoms with E-state index < -0.39 is 5.97 Å². The molecule has 0 saturated heterocycles. The second kappa shape index (κ2) is 8.85. The van der Waals surface area contributed by atoms with Crippen LogP contribution in [0.5, 0.6) is 0 Å². The van der Waals surface area contributed by atoms with Crippen LogP contribution < -0.4 is 0 Å². The number of hydrogen-bond acceptors (Lipinski definition) is 1. The first-order valence-corrected chi connectivity index (χ1v) is 10.1. The summed E-state index contributed by atoms with van der Waals surface area (Å²) < 4.78 is 2.44. The molecule has 2 heterocycles. The number of aliphatic carboxylic acids is 1. The lowest BCUT2D eigenvalue weighted by atomic mass is 10.0. The summed E-state index contributed by atoms with van der Waals surface area (Å²) in [6, 6.07) is 18.5. The molecule has 0 aliphatic carbocycles. The second-order valence-corrected chi connectivity index (χ2v) is 8.03. The Balaban J connectivity index is 0.000000330. The molecule has 0 saturated carbocycles. The molecule has 1 aliphatic rings. The number of halogens is 2. The molecule has 0 atom stereocenters. The largest absolute Gasteiger partial charge is 0.481 e. The molecule has 1 N–H and O–H groups in total. The highest BCUT2D eigenvalue weighted by Gasteiger charge is 2.21. The number of rotatable bonds is 3. The fourth-order valence-electron chi connectivity index (χ4n) is 3.25. The van der Waals surface area contributed by atoms with Gasteiger partial charge in [0.15, 0.2) is 0 Å². The van der Waals surface area contributed by atoms with Crippen LogP contribution in [0.3, 0.4) is 0 Å². The highest BCUT2D eigenvalue weighted by atomic mass is 35.5. The fraction of sp³-hybridized carbons (Fsp3) is 0.261. The third-order valence-corrected chi connectivity index (χ3v) is 5.27. The molecule has 0 bridgehead atoms. The van der Waals surface area contributed by atoms with E-state index in [4.69, 9.17) is 28.3 Å². The zero-order valence-electron chi connectivity index (χ0n) is 16.0. The number of nitrogens with zero attached hydrogens (tertiary/aromatic N) is 1. The van der Waals surface area contributed by atoms with E-state index >= 15 is 0 Å². The van der Waals surface area contributed by atoms with Crippen LogP contribution in [0.15, 0.2) is 54.6 Å². The molecule has 146 valence electrons. The van der Waals surface area contributed by atoms with Crippen molar-refractivity contribution in [2.45, 2.75) is 33.2 Å². The van der Waals surface area contributed by atoms with Gasteiger partial charge in [-0.25, -0.2) is 0 Å². The van der Waals surface area contributed by atoms with E-state index in [0.29, 0.717) is 0 Å². The van der Waals surface area contributed by atoms with Crippen LogP contribution in [0.1, 0.15) is 26.0 Å². The Morgan fingerprint density at radius 2 is 1.46 bits per heavy atom. The Bertz CT molecular complexity index is 958. The Kier molecular flexibility index (Phi) is 6.48. The van der Waals surface area contributed by atoms with E-state index in [1.165, 1.54) is 34.5 Å². The van der Waals surface area contributed by atoms with Crippen LogP contribution in [0.4, 0.5) is 0 Å². The highest BCUT2D eigenvalue weighted by Crippen LogP contribution is 2.38. The molecular weight excluding hydrogens is 393 g/mol. The van der Waals surface area contributed by atoms with Crippen LogP contribution in [-0.2, 0) is 17.8 Å². The van der Waals surface area contributed by atoms with Crippen LogP contribution in [-0.4, -0.2) is 15.6 Å². The van der Waals surface area contributed by atoms with Crippen molar-refractivity contribution >= 4 is 29.2 Å². The van der Waals surface area contributed by atoms with Crippen molar-refractivity contribution in [3.05, 3.63) is 70.3 Å². The summed E-state index contributed by atoms with van der Waals surface area (Å²) in [7, 11) is 0. The molecule has 1 aliphatic heterocycles.